The molecule has 1 aliphatic heterocycles. The van der Waals surface area contributed by atoms with Crippen molar-refractivity contribution >= 4 is 8.41 Å². The van der Waals surface area contributed by atoms with Crippen molar-refractivity contribution < 1.29 is 18.0 Å². The van der Waals surface area contributed by atoms with Gasteiger partial charge in [0.05, 0.1) is 0 Å². The zero-order valence-electron chi connectivity index (χ0n) is 13.4. The molecule has 0 spiro atoms. The van der Waals surface area contributed by atoms with Crippen molar-refractivity contribution in [3.63, 3.8) is 0 Å². The van der Waals surface area contributed by atoms with E-state index in [1.807, 2.05) is 6.92 Å². The third-order valence-corrected chi connectivity index (χ3v) is 8.32. The van der Waals surface area contributed by atoms with Crippen molar-refractivity contribution in [1.82, 2.24) is 0 Å². The molecule has 1 saturated heterocycles. The highest BCUT2D eigenvalue weighted by Crippen LogP contribution is 2.38. The minimum Gasteiger partial charge on any atom is -0.380 e. The van der Waals surface area contributed by atoms with Gasteiger partial charge in [0, 0.05) is 5.56 Å². The van der Waals surface area contributed by atoms with Gasteiger partial charge in [0.15, 0.2) is 11.6 Å². The highest BCUT2D eigenvalue weighted by atomic mass is 28.4. The molecule has 1 atom stereocenters. The second-order valence-corrected chi connectivity index (χ2v) is 10.3. The summed E-state index contributed by atoms with van der Waals surface area (Å²) >= 11 is 0. The van der Waals surface area contributed by atoms with E-state index in [-0.39, 0.29) is 0 Å². The molecule has 1 nitrogen and oxygen atoms in total. The molecule has 2 rings (SSSR count). The number of hydrogen-bond acceptors (Lipinski definition) is 1. The lowest BCUT2D eigenvalue weighted by Crippen LogP contribution is -2.34. The average molecular weight is 340 g/mol. The lowest BCUT2D eigenvalue weighted by molar-refractivity contribution is 0.188. The lowest BCUT2D eigenvalue weighted by atomic mass is 9.95. The fraction of sp³-hybridized carbons (Fsp3) is 0.556. The molecular formula is C18H23F3OSi. The van der Waals surface area contributed by atoms with Gasteiger partial charge in [0.2, 0.25) is 8.41 Å². The van der Waals surface area contributed by atoms with Crippen LogP contribution in [-0.2, 0) is 0 Å². The van der Waals surface area contributed by atoms with Gasteiger partial charge >= 0.3 is 0 Å². The third kappa shape index (κ3) is 5.40. The summed E-state index contributed by atoms with van der Waals surface area (Å²) in [5, 5.41) is 10.00. The van der Waals surface area contributed by atoms with Crippen LogP contribution in [0.3, 0.4) is 0 Å². The van der Waals surface area contributed by atoms with Crippen molar-refractivity contribution in [2.24, 2.45) is 5.92 Å². The summed E-state index contributed by atoms with van der Waals surface area (Å²) in [5.41, 5.74) is 0.338. The van der Waals surface area contributed by atoms with Crippen LogP contribution in [-0.4, -0.2) is 19.6 Å². The first kappa shape index (κ1) is 18.1. The normalized spacial score (nSPS) is 25.5. The van der Waals surface area contributed by atoms with E-state index in [0.717, 1.165) is 37.4 Å². The molecule has 0 aliphatic carbocycles. The summed E-state index contributed by atoms with van der Waals surface area (Å²) < 4.78 is 40.4. The quantitative estimate of drug-likeness (QED) is 0.474. The molecule has 0 amide bonds. The van der Waals surface area contributed by atoms with Crippen LogP contribution < -0.4 is 0 Å². The fourth-order valence-electron chi connectivity index (χ4n) is 3.24. The SMILES string of the molecule is CCC[Si@]1(F)CC[C@@H](CC(O)C#Cc2ccc(F)c(F)c2)CC1. The zero-order valence-corrected chi connectivity index (χ0v) is 14.4. The second-order valence-electron chi connectivity index (χ2n) is 6.49. The first-order valence-electron chi connectivity index (χ1n) is 8.25. The number of halogens is 3. The topological polar surface area (TPSA) is 20.2 Å². The number of rotatable bonds is 4. The highest BCUT2D eigenvalue weighted by Gasteiger charge is 2.38. The minimum absolute atomic E-state index is 0.303. The van der Waals surface area contributed by atoms with E-state index in [1.54, 1.807) is 0 Å². The molecule has 23 heavy (non-hydrogen) atoms. The second kappa shape index (κ2) is 8.03. The van der Waals surface area contributed by atoms with E-state index in [1.165, 1.54) is 6.07 Å². The van der Waals surface area contributed by atoms with Crippen LogP contribution in [0, 0.1) is 29.4 Å². The largest absolute Gasteiger partial charge is 0.380 e. The van der Waals surface area contributed by atoms with Gasteiger partial charge in [-0.2, -0.15) is 0 Å². The summed E-state index contributed by atoms with van der Waals surface area (Å²) in [6.45, 7) is 2.03. The molecule has 0 saturated carbocycles. The van der Waals surface area contributed by atoms with Crippen LogP contribution in [0.2, 0.25) is 18.1 Å². The standard InChI is InChI=1S/C18H23F3OSi/c1-2-9-23(21)10-7-15(8-11-23)12-16(22)5-3-14-4-6-17(19)18(20)13-14/h4,6,13,15-16,22H,2,7-12H2,1H3/t15-,16?,23+. The summed E-state index contributed by atoms with van der Waals surface area (Å²) in [6, 6.07) is 5.55. The van der Waals surface area contributed by atoms with E-state index in [0.29, 0.717) is 30.0 Å². The monoisotopic (exact) mass is 340 g/mol. The van der Waals surface area contributed by atoms with Crippen LogP contribution in [0.1, 0.15) is 38.2 Å². The maximum atomic E-state index is 14.5. The fourth-order valence-corrected chi connectivity index (χ4v) is 6.74. The van der Waals surface area contributed by atoms with E-state index in [9.17, 15) is 18.0 Å². The molecule has 1 N–H and O–H groups in total. The van der Waals surface area contributed by atoms with Crippen LogP contribution in [0.15, 0.2) is 18.2 Å². The predicted molar refractivity (Wildman–Crippen MR) is 88.2 cm³/mol. The molecule has 1 fully saturated rings. The molecule has 1 unspecified atom stereocenters. The molecule has 1 heterocycles. The summed E-state index contributed by atoms with van der Waals surface area (Å²) in [7, 11) is -2.51. The van der Waals surface area contributed by atoms with Crippen LogP contribution in [0.4, 0.5) is 12.9 Å². The molecule has 1 aliphatic rings. The van der Waals surface area contributed by atoms with Gasteiger partial charge < -0.3 is 9.21 Å². The minimum atomic E-state index is -2.51. The first-order valence-corrected chi connectivity index (χ1v) is 10.8. The van der Waals surface area contributed by atoms with Crippen molar-refractivity contribution in [3.05, 3.63) is 35.4 Å². The van der Waals surface area contributed by atoms with Gasteiger partial charge in [-0.15, -0.1) is 0 Å². The van der Waals surface area contributed by atoms with E-state index >= 15 is 0 Å². The van der Waals surface area contributed by atoms with E-state index in [2.05, 4.69) is 11.8 Å². The van der Waals surface area contributed by atoms with Crippen molar-refractivity contribution in [2.45, 2.75) is 56.8 Å². The molecule has 1 aromatic rings. The van der Waals surface area contributed by atoms with Gasteiger partial charge in [0.25, 0.3) is 0 Å². The lowest BCUT2D eigenvalue weighted by Gasteiger charge is -2.32. The van der Waals surface area contributed by atoms with Gasteiger partial charge in [-0.1, -0.05) is 38.0 Å². The summed E-state index contributed by atoms with van der Waals surface area (Å²) in [6.07, 6.45) is 2.27. The summed E-state index contributed by atoms with van der Waals surface area (Å²) in [4.78, 5) is 0. The molecule has 126 valence electrons. The Kier molecular flexibility index (Phi) is 6.31. The number of aliphatic hydroxyl groups excluding tert-OH is 1. The maximum Gasteiger partial charge on any atom is 0.247 e. The average Bonchev–Trinajstić information content (AvgIpc) is 2.51. The van der Waals surface area contributed by atoms with Crippen molar-refractivity contribution in [1.29, 1.82) is 0 Å². The molecule has 0 radical (unpaired) electrons. The van der Waals surface area contributed by atoms with Crippen molar-refractivity contribution in [2.75, 3.05) is 0 Å². The Hall–Kier alpha value is -1.25. The van der Waals surface area contributed by atoms with E-state index in [4.69, 9.17) is 0 Å². The maximum absolute atomic E-state index is 14.5. The van der Waals surface area contributed by atoms with Crippen molar-refractivity contribution in [3.8, 4) is 11.8 Å². The van der Waals surface area contributed by atoms with Crippen LogP contribution in [0.25, 0.3) is 0 Å². The third-order valence-electron chi connectivity index (χ3n) is 4.56. The Bertz CT molecular complexity index is 586. The molecule has 0 aromatic heterocycles. The zero-order chi connectivity index (χ0) is 16.9. The molecule has 0 bridgehead atoms. The van der Waals surface area contributed by atoms with Gasteiger partial charge in [0.1, 0.15) is 6.10 Å². The molecule has 5 heteroatoms. The predicted octanol–water partition coefficient (Wildman–Crippen LogP) is 4.80. The number of benzene rings is 1. The first-order chi connectivity index (χ1) is 10.9. The van der Waals surface area contributed by atoms with Gasteiger partial charge in [-0.3, -0.25) is 0 Å². The van der Waals surface area contributed by atoms with E-state index < -0.39 is 26.1 Å². The Morgan fingerprint density at radius 1 is 1.26 bits per heavy atom. The Morgan fingerprint density at radius 2 is 1.96 bits per heavy atom. The smallest absolute Gasteiger partial charge is 0.247 e. The van der Waals surface area contributed by atoms with Gasteiger partial charge in [-0.25, -0.2) is 8.78 Å². The Balaban J connectivity index is 1.85. The van der Waals surface area contributed by atoms with Crippen LogP contribution in [0.5, 0.6) is 0 Å². The highest BCUT2D eigenvalue weighted by molar-refractivity contribution is 6.73. The molecular weight excluding hydrogens is 317 g/mol. The number of aliphatic hydroxyl groups is 1. The number of hydrogen-bond donors (Lipinski definition) is 1. The summed E-state index contributed by atoms with van der Waals surface area (Å²) in [5.74, 6) is 3.78. The van der Waals surface area contributed by atoms with Gasteiger partial charge in [-0.05, 0) is 48.7 Å². The van der Waals surface area contributed by atoms with Crippen LogP contribution >= 0.6 is 0 Å². The molecule has 1 aromatic carbocycles. The Morgan fingerprint density at radius 3 is 2.57 bits per heavy atom. The Labute approximate surface area is 137 Å².